The molecule has 0 N–H and O–H groups in total. The average Bonchev–Trinajstić information content (AvgIpc) is 2.92. The summed E-state index contributed by atoms with van der Waals surface area (Å²) in [7, 11) is 3.18. The molecule has 22 heavy (non-hydrogen) atoms. The number of ether oxygens (including phenoxy) is 2. The second kappa shape index (κ2) is 6.24. The lowest BCUT2D eigenvalue weighted by molar-refractivity contribution is 0.180. The molecule has 0 bridgehead atoms. The first-order chi connectivity index (χ1) is 10.6. The van der Waals surface area contributed by atoms with Gasteiger partial charge in [0.25, 0.3) is 0 Å². The number of nitrogens with zero attached hydrogens (tertiary/aromatic N) is 3. The fourth-order valence-corrected chi connectivity index (χ4v) is 2.83. The van der Waals surface area contributed by atoms with E-state index >= 15 is 0 Å². The molecular weight excluding hydrogens is 370 g/mol. The Morgan fingerprint density at radius 1 is 1.23 bits per heavy atom. The van der Waals surface area contributed by atoms with Crippen molar-refractivity contribution in [3.63, 3.8) is 0 Å². The van der Waals surface area contributed by atoms with Crippen LogP contribution in [-0.2, 0) is 11.3 Å². The lowest BCUT2D eigenvalue weighted by Crippen LogP contribution is -2.07. The second-order valence-corrected chi connectivity index (χ2v) is 5.84. The van der Waals surface area contributed by atoms with Gasteiger partial charge in [-0.3, -0.25) is 4.57 Å². The number of methoxy groups -OCH3 is 2. The molecule has 0 atom stereocenters. The first-order valence-electron chi connectivity index (χ1n) is 6.50. The second-order valence-electron chi connectivity index (χ2n) is 4.62. The van der Waals surface area contributed by atoms with Crippen LogP contribution >= 0.6 is 27.5 Å². The van der Waals surface area contributed by atoms with E-state index in [9.17, 15) is 0 Å². The van der Waals surface area contributed by atoms with Crippen molar-refractivity contribution in [3.05, 3.63) is 45.7 Å². The fraction of sp³-hybridized carbons (Fsp3) is 0.200. The van der Waals surface area contributed by atoms with Crippen LogP contribution in [0.4, 0.5) is 0 Å². The Morgan fingerprint density at radius 2 is 2.05 bits per heavy atom. The fourth-order valence-electron chi connectivity index (χ4n) is 2.21. The highest BCUT2D eigenvalue weighted by molar-refractivity contribution is 9.10. The number of hydrogen-bond acceptors (Lipinski definition) is 4. The van der Waals surface area contributed by atoms with Crippen LogP contribution in [0.5, 0.6) is 5.88 Å². The molecule has 0 radical (unpaired) electrons. The minimum absolute atomic E-state index is 0.354. The highest BCUT2D eigenvalue weighted by Gasteiger charge is 2.15. The first-order valence-corrected chi connectivity index (χ1v) is 7.67. The van der Waals surface area contributed by atoms with Gasteiger partial charge in [0.1, 0.15) is 4.47 Å². The van der Waals surface area contributed by atoms with Crippen LogP contribution in [0, 0.1) is 0 Å². The molecule has 1 aromatic carbocycles. The van der Waals surface area contributed by atoms with E-state index < -0.39 is 0 Å². The molecule has 0 saturated heterocycles. The number of aromatic nitrogens is 3. The van der Waals surface area contributed by atoms with E-state index in [-0.39, 0.29) is 0 Å². The Balaban J connectivity index is 2.21. The molecule has 7 heteroatoms. The summed E-state index contributed by atoms with van der Waals surface area (Å²) in [4.78, 5) is 8.99. The zero-order valence-corrected chi connectivity index (χ0v) is 14.3. The summed E-state index contributed by atoms with van der Waals surface area (Å²) in [5.74, 6) is 0.963. The zero-order valence-electron chi connectivity index (χ0n) is 12.0. The predicted molar refractivity (Wildman–Crippen MR) is 88.8 cm³/mol. The van der Waals surface area contributed by atoms with Crippen molar-refractivity contribution in [2.45, 2.75) is 6.61 Å². The van der Waals surface area contributed by atoms with Crippen molar-refractivity contribution in [3.8, 4) is 11.8 Å². The molecule has 0 saturated carbocycles. The van der Waals surface area contributed by atoms with Crippen molar-refractivity contribution in [2.75, 3.05) is 14.2 Å². The molecule has 3 aromatic rings. The van der Waals surface area contributed by atoms with Gasteiger partial charge in [-0.05, 0) is 34.1 Å². The van der Waals surface area contributed by atoms with Crippen LogP contribution < -0.4 is 4.74 Å². The van der Waals surface area contributed by atoms with Gasteiger partial charge in [-0.1, -0.05) is 17.7 Å². The number of benzene rings is 1. The maximum atomic E-state index is 6.09. The van der Waals surface area contributed by atoms with Crippen LogP contribution in [0.15, 0.2) is 34.9 Å². The van der Waals surface area contributed by atoms with Crippen molar-refractivity contribution in [2.24, 2.45) is 0 Å². The largest absolute Gasteiger partial charge is 0.480 e. The van der Waals surface area contributed by atoms with Gasteiger partial charge in [0.15, 0.2) is 0 Å². The van der Waals surface area contributed by atoms with Crippen molar-refractivity contribution in [1.82, 2.24) is 14.5 Å². The molecule has 0 amide bonds. The van der Waals surface area contributed by atoms with Gasteiger partial charge in [-0.25, -0.2) is 4.98 Å². The van der Waals surface area contributed by atoms with Crippen molar-refractivity contribution < 1.29 is 9.47 Å². The lowest BCUT2D eigenvalue weighted by Gasteiger charge is -2.11. The third-order valence-electron chi connectivity index (χ3n) is 3.22. The SMILES string of the molecule is COCc1nc(-n2ccc3ccc(Cl)cc32)nc(OC)c1Br. The summed E-state index contributed by atoms with van der Waals surface area (Å²) in [6, 6.07) is 7.68. The molecular formula is C15H13BrClN3O2. The molecule has 2 heterocycles. The Hall–Kier alpha value is -1.63. The van der Waals surface area contributed by atoms with Gasteiger partial charge < -0.3 is 9.47 Å². The Bertz CT molecular complexity index is 835. The van der Waals surface area contributed by atoms with Gasteiger partial charge in [0, 0.05) is 23.7 Å². The van der Waals surface area contributed by atoms with Crippen molar-refractivity contribution >= 4 is 38.4 Å². The summed E-state index contributed by atoms with van der Waals surface area (Å²) in [5, 5.41) is 1.72. The van der Waals surface area contributed by atoms with E-state index in [4.69, 9.17) is 21.1 Å². The van der Waals surface area contributed by atoms with E-state index in [2.05, 4.69) is 25.9 Å². The van der Waals surface area contributed by atoms with Crippen molar-refractivity contribution in [1.29, 1.82) is 0 Å². The topological polar surface area (TPSA) is 49.2 Å². The molecule has 5 nitrogen and oxygen atoms in total. The monoisotopic (exact) mass is 381 g/mol. The molecule has 0 aliphatic carbocycles. The van der Waals surface area contributed by atoms with Gasteiger partial charge in [0.2, 0.25) is 11.8 Å². The smallest absolute Gasteiger partial charge is 0.237 e. The molecule has 2 aromatic heterocycles. The van der Waals surface area contributed by atoms with Crippen LogP contribution in [0.3, 0.4) is 0 Å². The molecule has 0 spiro atoms. The molecule has 0 fully saturated rings. The van der Waals surface area contributed by atoms with E-state index in [0.717, 1.165) is 10.9 Å². The van der Waals surface area contributed by atoms with E-state index in [1.54, 1.807) is 14.2 Å². The number of hydrogen-bond donors (Lipinski definition) is 0. The van der Waals surface area contributed by atoms with Crippen LogP contribution in [0.1, 0.15) is 5.69 Å². The quantitative estimate of drug-likeness (QED) is 0.684. The van der Waals surface area contributed by atoms with Gasteiger partial charge in [0.05, 0.1) is 24.9 Å². The predicted octanol–water partition coefficient (Wildman–Crippen LogP) is 3.99. The average molecular weight is 383 g/mol. The first kappa shape index (κ1) is 15.3. The van der Waals surface area contributed by atoms with Gasteiger partial charge >= 0.3 is 0 Å². The minimum atomic E-state index is 0.354. The van der Waals surface area contributed by atoms with Crippen LogP contribution in [0.25, 0.3) is 16.9 Å². The Kier molecular flexibility index (Phi) is 4.33. The zero-order chi connectivity index (χ0) is 15.7. The van der Waals surface area contributed by atoms with Gasteiger partial charge in [-0.2, -0.15) is 4.98 Å². The summed E-state index contributed by atoms with van der Waals surface area (Å²) in [6.45, 7) is 0.354. The number of fused-ring (bicyclic) bond motifs is 1. The molecule has 0 aliphatic rings. The minimum Gasteiger partial charge on any atom is -0.480 e. The summed E-state index contributed by atoms with van der Waals surface area (Å²) in [6.07, 6.45) is 1.90. The third kappa shape index (κ3) is 2.69. The third-order valence-corrected chi connectivity index (χ3v) is 4.25. The summed E-state index contributed by atoms with van der Waals surface area (Å²) < 4.78 is 13.1. The molecule has 0 aliphatic heterocycles. The molecule has 114 valence electrons. The molecule has 0 unspecified atom stereocenters. The maximum absolute atomic E-state index is 6.09. The lowest BCUT2D eigenvalue weighted by atomic mass is 10.2. The summed E-state index contributed by atoms with van der Waals surface area (Å²) >= 11 is 9.53. The Morgan fingerprint density at radius 3 is 2.77 bits per heavy atom. The van der Waals surface area contributed by atoms with E-state index in [1.165, 1.54) is 0 Å². The number of rotatable bonds is 4. The van der Waals surface area contributed by atoms with E-state index in [0.29, 0.717) is 33.6 Å². The van der Waals surface area contributed by atoms with Crippen LogP contribution in [0.2, 0.25) is 5.02 Å². The normalized spacial score (nSPS) is 11.1. The van der Waals surface area contributed by atoms with Crippen LogP contribution in [-0.4, -0.2) is 28.8 Å². The molecule has 3 rings (SSSR count). The summed E-state index contributed by atoms with van der Waals surface area (Å²) in [5.41, 5.74) is 1.65. The standard InChI is InChI=1S/C15H13BrClN3O2/c1-21-8-11-13(16)14(22-2)19-15(18-11)20-6-5-9-3-4-10(17)7-12(9)20/h3-7H,8H2,1-2H3. The highest BCUT2D eigenvalue weighted by Crippen LogP contribution is 2.29. The highest BCUT2D eigenvalue weighted by atomic mass is 79.9. The van der Waals surface area contributed by atoms with E-state index in [1.807, 2.05) is 35.0 Å². The Labute approximate surface area is 141 Å². The maximum Gasteiger partial charge on any atom is 0.237 e. The number of halogens is 2. The van der Waals surface area contributed by atoms with Gasteiger partial charge in [-0.15, -0.1) is 0 Å².